The minimum absolute atomic E-state index is 0.354. The second-order valence-electron chi connectivity index (χ2n) is 5.48. The van der Waals surface area contributed by atoms with Gasteiger partial charge in [-0.1, -0.05) is 30.3 Å². The van der Waals surface area contributed by atoms with E-state index in [1.807, 2.05) is 48.5 Å². The van der Waals surface area contributed by atoms with Gasteiger partial charge < -0.3 is 14.3 Å². The summed E-state index contributed by atoms with van der Waals surface area (Å²) in [6.45, 7) is 0. The lowest BCUT2D eigenvalue weighted by Gasteiger charge is -2.12. The Kier molecular flexibility index (Phi) is 2.93. The van der Waals surface area contributed by atoms with Gasteiger partial charge in [-0.05, 0) is 36.6 Å². The van der Waals surface area contributed by atoms with E-state index in [2.05, 4.69) is 0 Å². The van der Waals surface area contributed by atoms with Gasteiger partial charge >= 0.3 is 0 Å². The Morgan fingerprint density at radius 2 is 1.95 bits per heavy atom. The Balaban J connectivity index is 1.68. The summed E-state index contributed by atoms with van der Waals surface area (Å²) in [4.78, 5) is 0. The van der Waals surface area contributed by atoms with E-state index >= 15 is 0 Å². The Labute approximate surface area is 122 Å². The highest BCUT2D eigenvalue weighted by Crippen LogP contribution is 2.33. The fraction of sp³-hybridized carbons (Fsp3) is 0.222. The van der Waals surface area contributed by atoms with Crippen LogP contribution in [0.1, 0.15) is 30.1 Å². The van der Waals surface area contributed by atoms with Gasteiger partial charge in [0, 0.05) is 10.9 Å². The van der Waals surface area contributed by atoms with Crippen molar-refractivity contribution in [1.29, 1.82) is 0 Å². The normalized spacial score (nSPS) is 16.0. The monoisotopic (exact) mass is 280 g/mol. The van der Waals surface area contributed by atoms with Crippen LogP contribution in [0, 0.1) is 0 Å². The molecule has 3 nitrogen and oxygen atoms in total. The molecule has 1 aromatic heterocycles. The SMILES string of the molecule is OC(c1cccc(OC2CC2)c1)c1coc2ccccc12. The molecule has 2 aromatic carbocycles. The number of hydrogen-bond donors (Lipinski definition) is 1. The summed E-state index contributed by atoms with van der Waals surface area (Å²) in [6.07, 6.45) is 3.52. The summed E-state index contributed by atoms with van der Waals surface area (Å²) >= 11 is 0. The first-order chi connectivity index (χ1) is 10.3. The molecule has 1 aliphatic carbocycles. The van der Waals surface area contributed by atoms with Gasteiger partial charge in [-0.2, -0.15) is 0 Å². The van der Waals surface area contributed by atoms with Gasteiger partial charge in [0.15, 0.2) is 0 Å². The largest absolute Gasteiger partial charge is 0.490 e. The average Bonchev–Trinajstić information content (AvgIpc) is 3.23. The highest BCUT2D eigenvalue weighted by Gasteiger charge is 2.24. The fourth-order valence-electron chi connectivity index (χ4n) is 2.53. The Morgan fingerprint density at radius 3 is 2.81 bits per heavy atom. The number of para-hydroxylation sites is 1. The molecule has 106 valence electrons. The van der Waals surface area contributed by atoms with Crippen LogP contribution < -0.4 is 4.74 Å². The summed E-state index contributed by atoms with van der Waals surface area (Å²) in [5, 5.41) is 11.6. The first-order valence-electron chi connectivity index (χ1n) is 7.22. The van der Waals surface area contributed by atoms with Gasteiger partial charge in [0.1, 0.15) is 17.4 Å². The number of aliphatic hydroxyl groups is 1. The molecule has 0 amide bonds. The number of aliphatic hydroxyl groups excluding tert-OH is 1. The standard InChI is InChI=1S/C18H16O3/c19-18(16-11-20-17-7-2-1-6-15(16)17)12-4-3-5-14(10-12)21-13-8-9-13/h1-7,10-11,13,18-19H,8-9H2. The van der Waals surface area contributed by atoms with Crippen LogP contribution in [0.3, 0.4) is 0 Å². The van der Waals surface area contributed by atoms with Crippen LogP contribution in [0.2, 0.25) is 0 Å². The van der Waals surface area contributed by atoms with Crippen molar-refractivity contribution in [3.63, 3.8) is 0 Å². The number of ether oxygens (including phenoxy) is 1. The number of furan rings is 1. The molecule has 1 heterocycles. The van der Waals surface area contributed by atoms with E-state index in [0.29, 0.717) is 6.10 Å². The average molecular weight is 280 g/mol. The first kappa shape index (κ1) is 12.5. The molecule has 1 unspecified atom stereocenters. The number of rotatable bonds is 4. The molecule has 1 fully saturated rings. The fourth-order valence-corrected chi connectivity index (χ4v) is 2.53. The molecule has 0 spiro atoms. The molecule has 1 N–H and O–H groups in total. The molecule has 3 aromatic rings. The number of benzene rings is 2. The molecule has 0 saturated heterocycles. The van der Waals surface area contributed by atoms with Crippen molar-refractivity contribution >= 4 is 11.0 Å². The van der Waals surface area contributed by atoms with Crippen molar-refractivity contribution in [3.8, 4) is 5.75 Å². The predicted molar refractivity (Wildman–Crippen MR) is 80.4 cm³/mol. The molecular weight excluding hydrogens is 264 g/mol. The third-order valence-electron chi connectivity index (χ3n) is 3.81. The highest BCUT2D eigenvalue weighted by molar-refractivity contribution is 5.81. The van der Waals surface area contributed by atoms with E-state index in [-0.39, 0.29) is 0 Å². The third-order valence-corrected chi connectivity index (χ3v) is 3.81. The zero-order valence-corrected chi connectivity index (χ0v) is 11.5. The number of hydrogen-bond acceptors (Lipinski definition) is 3. The Morgan fingerprint density at radius 1 is 1.10 bits per heavy atom. The van der Waals surface area contributed by atoms with Gasteiger partial charge in [-0.3, -0.25) is 0 Å². The summed E-state index contributed by atoms with van der Waals surface area (Å²) in [6, 6.07) is 15.4. The molecular formula is C18H16O3. The highest BCUT2D eigenvalue weighted by atomic mass is 16.5. The molecule has 1 aliphatic rings. The molecule has 3 heteroatoms. The topological polar surface area (TPSA) is 42.6 Å². The Hall–Kier alpha value is -2.26. The van der Waals surface area contributed by atoms with Crippen molar-refractivity contribution in [3.05, 3.63) is 65.9 Å². The quantitative estimate of drug-likeness (QED) is 0.783. The van der Waals surface area contributed by atoms with Crippen LogP contribution in [0.25, 0.3) is 11.0 Å². The van der Waals surface area contributed by atoms with Gasteiger partial charge in [0.2, 0.25) is 0 Å². The van der Waals surface area contributed by atoms with Crippen molar-refractivity contribution in [2.75, 3.05) is 0 Å². The summed E-state index contributed by atoms with van der Waals surface area (Å²) in [5.41, 5.74) is 2.39. The van der Waals surface area contributed by atoms with E-state index < -0.39 is 6.10 Å². The van der Waals surface area contributed by atoms with Crippen LogP contribution in [-0.2, 0) is 0 Å². The van der Waals surface area contributed by atoms with E-state index in [0.717, 1.165) is 40.7 Å². The minimum Gasteiger partial charge on any atom is -0.490 e. The van der Waals surface area contributed by atoms with Gasteiger partial charge in [-0.15, -0.1) is 0 Å². The lowest BCUT2D eigenvalue weighted by Crippen LogP contribution is -2.01. The summed E-state index contributed by atoms with van der Waals surface area (Å²) in [7, 11) is 0. The predicted octanol–water partition coefficient (Wildman–Crippen LogP) is 4.06. The van der Waals surface area contributed by atoms with Crippen LogP contribution in [0.15, 0.2) is 59.2 Å². The molecule has 4 rings (SSSR count). The van der Waals surface area contributed by atoms with Gasteiger partial charge in [-0.25, -0.2) is 0 Å². The van der Waals surface area contributed by atoms with Crippen molar-refractivity contribution < 1.29 is 14.3 Å². The van der Waals surface area contributed by atoms with E-state index in [9.17, 15) is 5.11 Å². The van der Waals surface area contributed by atoms with Crippen LogP contribution >= 0.6 is 0 Å². The van der Waals surface area contributed by atoms with Crippen LogP contribution in [0.4, 0.5) is 0 Å². The maximum atomic E-state index is 10.6. The van der Waals surface area contributed by atoms with Crippen molar-refractivity contribution in [2.24, 2.45) is 0 Å². The molecule has 0 aliphatic heterocycles. The van der Waals surface area contributed by atoms with E-state index in [4.69, 9.17) is 9.15 Å². The summed E-state index contributed by atoms with van der Waals surface area (Å²) < 4.78 is 11.3. The summed E-state index contributed by atoms with van der Waals surface area (Å²) in [5.74, 6) is 0.821. The minimum atomic E-state index is -0.712. The zero-order valence-electron chi connectivity index (χ0n) is 11.5. The van der Waals surface area contributed by atoms with Gasteiger partial charge in [0.25, 0.3) is 0 Å². The number of fused-ring (bicyclic) bond motifs is 1. The first-order valence-corrected chi connectivity index (χ1v) is 7.22. The maximum absolute atomic E-state index is 10.6. The third kappa shape index (κ3) is 2.41. The maximum Gasteiger partial charge on any atom is 0.134 e. The van der Waals surface area contributed by atoms with Crippen molar-refractivity contribution in [1.82, 2.24) is 0 Å². The second-order valence-corrected chi connectivity index (χ2v) is 5.48. The van der Waals surface area contributed by atoms with Crippen LogP contribution in [-0.4, -0.2) is 11.2 Å². The smallest absolute Gasteiger partial charge is 0.134 e. The molecule has 1 saturated carbocycles. The second kappa shape index (κ2) is 4.93. The molecule has 0 bridgehead atoms. The Bertz CT molecular complexity index is 771. The molecule has 1 atom stereocenters. The lowest BCUT2D eigenvalue weighted by atomic mass is 10.0. The zero-order chi connectivity index (χ0) is 14.2. The van der Waals surface area contributed by atoms with E-state index in [1.54, 1.807) is 6.26 Å². The van der Waals surface area contributed by atoms with Crippen molar-refractivity contribution in [2.45, 2.75) is 25.0 Å². The molecule has 0 radical (unpaired) electrons. The lowest BCUT2D eigenvalue weighted by molar-refractivity contribution is 0.219. The van der Waals surface area contributed by atoms with Gasteiger partial charge in [0.05, 0.1) is 12.4 Å². The van der Waals surface area contributed by atoms with E-state index in [1.165, 1.54) is 0 Å². The van der Waals surface area contributed by atoms with Crippen LogP contribution in [0.5, 0.6) is 5.75 Å². The molecule has 21 heavy (non-hydrogen) atoms.